The highest BCUT2D eigenvalue weighted by atomic mass is 32.2. The zero-order valence-electron chi connectivity index (χ0n) is 10.2. The van der Waals surface area contributed by atoms with Gasteiger partial charge in [-0.05, 0) is 37.3 Å². The standard InChI is InChI=1S/C13H21NOS/c1-4-12(15)9-14-10(2)11-5-7-13(16-3)8-6-11/h5-8,10,12,14-15H,4,9H2,1-3H3. The Bertz CT molecular complexity index is 299. The lowest BCUT2D eigenvalue weighted by Crippen LogP contribution is -2.28. The van der Waals surface area contributed by atoms with E-state index in [0.717, 1.165) is 6.42 Å². The highest BCUT2D eigenvalue weighted by Gasteiger charge is 2.07. The van der Waals surface area contributed by atoms with Gasteiger partial charge in [0.2, 0.25) is 0 Å². The van der Waals surface area contributed by atoms with Crippen molar-refractivity contribution in [2.75, 3.05) is 12.8 Å². The first-order valence-electron chi connectivity index (χ1n) is 5.72. The van der Waals surface area contributed by atoms with Crippen LogP contribution in [0.2, 0.25) is 0 Å². The van der Waals surface area contributed by atoms with E-state index in [1.165, 1.54) is 10.5 Å². The minimum absolute atomic E-state index is 0.243. The lowest BCUT2D eigenvalue weighted by molar-refractivity contribution is 0.164. The van der Waals surface area contributed by atoms with Crippen molar-refractivity contribution in [3.8, 4) is 0 Å². The van der Waals surface area contributed by atoms with Gasteiger partial charge in [-0.15, -0.1) is 11.8 Å². The lowest BCUT2D eigenvalue weighted by atomic mass is 10.1. The van der Waals surface area contributed by atoms with Crippen LogP contribution in [0.25, 0.3) is 0 Å². The SMILES string of the molecule is CCC(O)CNC(C)c1ccc(SC)cc1. The molecule has 0 bridgehead atoms. The number of rotatable bonds is 6. The molecule has 1 rings (SSSR count). The second-order valence-electron chi connectivity index (χ2n) is 3.97. The monoisotopic (exact) mass is 239 g/mol. The Morgan fingerprint density at radius 3 is 2.44 bits per heavy atom. The fourth-order valence-electron chi connectivity index (χ4n) is 1.47. The summed E-state index contributed by atoms with van der Waals surface area (Å²) >= 11 is 1.75. The van der Waals surface area contributed by atoms with Gasteiger partial charge < -0.3 is 10.4 Å². The molecule has 0 radical (unpaired) electrons. The normalized spacial score (nSPS) is 14.8. The van der Waals surface area contributed by atoms with Gasteiger partial charge in [0, 0.05) is 17.5 Å². The smallest absolute Gasteiger partial charge is 0.0662 e. The van der Waals surface area contributed by atoms with Gasteiger partial charge in [0.15, 0.2) is 0 Å². The molecule has 90 valence electrons. The van der Waals surface area contributed by atoms with Gasteiger partial charge in [-0.2, -0.15) is 0 Å². The van der Waals surface area contributed by atoms with Crippen molar-refractivity contribution in [3.63, 3.8) is 0 Å². The number of hydrogen-bond donors (Lipinski definition) is 2. The number of thioether (sulfide) groups is 1. The summed E-state index contributed by atoms with van der Waals surface area (Å²) in [5.74, 6) is 0. The van der Waals surface area contributed by atoms with E-state index >= 15 is 0 Å². The molecule has 2 nitrogen and oxygen atoms in total. The van der Waals surface area contributed by atoms with Crippen LogP contribution in [0.5, 0.6) is 0 Å². The third-order valence-corrected chi connectivity index (χ3v) is 3.49. The van der Waals surface area contributed by atoms with Crippen LogP contribution in [0.3, 0.4) is 0 Å². The van der Waals surface area contributed by atoms with Crippen molar-refractivity contribution in [1.29, 1.82) is 0 Å². The third-order valence-electron chi connectivity index (χ3n) is 2.75. The fraction of sp³-hybridized carbons (Fsp3) is 0.538. The average Bonchev–Trinajstić information content (AvgIpc) is 2.35. The van der Waals surface area contributed by atoms with Crippen LogP contribution in [0.4, 0.5) is 0 Å². The summed E-state index contributed by atoms with van der Waals surface area (Å²) in [6.07, 6.45) is 2.63. The van der Waals surface area contributed by atoms with Gasteiger partial charge in [-0.1, -0.05) is 19.1 Å². The van der Waals surface area contributed by atoms with Gasteiger partial charge in [-0.3, -0.25) is 0 Å². The highest BCUT2D eigenvalue weighted by Crippen LogP contribution is 2.18. The maximum absolute atomic E-state index is 9.47. The zero-order chi connectivity index (χ0) is 12.0. The van der Waals surface area contributed by atoms with E-state index in [9.17, 15) is 5.11 Å². The Kier molecular flexibility index (Phi) is 5.88. The van der Waals surface area contributed by atoms with E-state index in [1.54, 1.807) is 11.8 Å². The molecular formula is C13H21NOS. The largest absolute Gasteiger partial charge is 0.392 e. The van der Waals surface area contributed by atoms with E-state index in [4.69, 9.17) is 0 Å². The van der Waals surface area contributed by atoms with Gasteiger partial charge in [0.25, 0.3) is 0 Å². The Morgan fingerprint density at radius 2 is 1.94 bits per heavy atom. The maximum atomic E-state index is 9.47. The number of benzene rings is 1. The quantitative estimate of drug-likeness (QED) is 0.749. The fourth-order valence-corrected chi connectivity index (χ4v) is 1.88. The number of nitrogens with one attached hydrogen (secondary N) is 1. The summed E-state index contributed by atoms with van der Waals surface area (Å²) in [7, 11) is 0. The van der Waals surface area contributed by atoms with Crippen LogP contribution in [-0.4, -0.2) is 24.0 Å². The van der Waals surface area contributed by atoms with Crippen molar-refractivity contribution in [1.82, 2.24) is 5.32 Å². The molecule has 3 heteroatoms. The highest BCUT2D eigenvalue weighted by molar-refractivity contribution is 7.98. The zero-order valence-corrected chi connectivity index (χ0v) is 11.1. The third kappa shape index (κ3) is 4.16. The van der Waals surface area contributed by atoms with Crippen molar-refractivity contribution >= 4 is 11.8 Å². The lowest BCUT2D eigenvalue weighted by Gasteiger charge is -2.16. The van der Waals surface area contributed by atoms with Crippen LogP contribution in [0, 0.1) is 0 Å². The molecule has 0 aliphatic rings. The molecule has 0 amide bonds. The molecule has 2 unspecified atom stereocenters. The molecule has 2 atom stereocenters. The maximum Gasteiger partial charge on any atom is 0.0662 e. The van der Waals surface area contributed by atoms with E-state index in [-0.39, 0.29) is 12.1 Å². The minimum atomic E-state index is -0.243. The summed E-state index contributed by atoms with van der Waals surface area (Å²) < 4.78 is 0. The topological polar surface area (TPSA) is 32.3 Å². The van der Waals surface area contributed by atoms with Crippen LogP contribution in [0.1, 0.15) is 31.9 Å². The van der Waals surface area contributed by atoms with Gasteiger partial charge in [-0.25, -0.2) is 0 Å². The summed E-state index contributed by atoms with van der Waals surface area (Å²) in [6.45, 7) is 4.77. The Hall–Kier alpha value is -0.510. The van der Waals surface area contributed by atoms with Crippen LogP contribution >= 0.6 is 11.8 Å². The Labute approximate surface area is 102 Å². The molecule has 1 aromatic carbocycles. The molecule has 0 aliphatic carbocycles. The molecule has 0 fully saturated rings. The van der Waals surface area contributed by atoms with Crippen LogP contribution in [0.15, 0.2) is 29.2 Å². The summed E-state index contributed by atoms with van der Waals surface area (Å²) in [4.78, 5) is 1.28. The Balaban J connectivity index is 2.49. The summed E-state index contributed by atoms with van der Waals surface area (Å²) in [5.41, 5.74) is 1.26. The number of aliphatic hydroxyl groups is 1. The predicted molar refractivity (Wildman–Crippen MR) is 70.9 cm³/mol. The van der Waals surface area contributed by atoms with Crippen LogP contribution in [-0.2, 0) is 0 Å². The van der Waals surface area contributed by atoms with E-state index in [2.05, 4.69) is 42.8 Å². The Morgan fingerprint density at radius 1 is 1.31 bits per heavy atom. The first-order valence-corrected chi connectivity index (χ1v) is 6.95. The van der Waals surface area contributed by atoms with Gasteiger partial charge in [0.1, 0.15) is 0 Å². The molecule has 0 saturated carbocycles. The predicted octanol–water partition coefficient (Wildman–Crippen LogP) is 2.83. The second kappa shape index (κ2) is 6.94. The molecule has 0 aliphatic heterocycles. The number of aliphatic hydroxyl groups excluding tert-OH is 1. The minimum Gasteiger partial charge on any atom is -0.392 e. The molecule has 2 N–H and O–H groups in total. The number of hydrogen-bond acceptors (Lipinski definition) is 3. The first-order chi connectivity index (χ1) is 7.67. The van der Waals surface area contributed by atoms with E-state index in [0.29, 0.717) is 6.54 Å². The molecular weight excluding hydrogens is 218 g/mol. The van der Waals surface area contributed by atoms with Gasteiger partial charge in [0.05, 0.1) is 6.10 Å². The molecule has 1 aromatic rings. The molecule has 0 heterocycles. The average molecular weight is 239 g/mol. The van der Waals surface area contributed by atoms with Crippen LogP contribution < -0.4 is 5.32 Å². The van der Waals surface area contributed by atoms with Crippen molar-refractivity contribution in [2.24, 2.45) is 0 Å². The summed E-state index contributed by atoms with van der Waals surface area (Å²) in [5, 5.41) is 12.8. The van der Waals surface area contributed by atoms with Crippen molar-refractivity contribution in [2.45, 2.75) is 37.3 Å². The molecule has 0 saturated heterocycles. The van der Waals surface area contributed by atoms with E-state index < -0.39 is 0 Å². The van der Waals surface area contributed by atoms with E-state index in [1.807, 2.05) is 6.92 Å². The molecule has 0 aromatic heterocycles. The molecule has 0 spiro atoms. The first kappa shape index (κ1) is 13.6. The van der Waals surface area contributed by atoms with Gasteiger partial charge >= 0.3 is 0 Å². The second-order valence-corrected chi connectivity index (χ2v) is 4.84. The summed E-state index contributed by atoms with van der Waals surface area (Å²) in [6, 6.07) is 8.84. The molecule has 16 heavy (non-hydrogen) atoms. The van der Waals surface area contributed by atoms with Crippen molar-refractivity contribution < 1.29 is 5.11 Å². The van der Waals surface area contributed by atoms with Crippen molar-refractivity contribution in [3.05, 3.63) is 29.8 Å².